The molecule has 148 heavy (non-hydrogen) atoms. The normalized spacial score (nSPS) is 35.1. The number of allylic oxidation sites excluding steroid dienone is 5. The number of esters is 3. The Morgan fingerprint density at radius 1 is 0.405 bits per heavy atom. The van der Waals surface area contributed by atoms with Crippen LogP contribution >= 0.6 is 0 Å². The number of aldehydes is 1. The van der Waals surface area contributed by atoms with E-state index >= 15 is 0 Å². The van der Waals surface area contributed by atoms with Crippen LogP contribution in [0.2, 0.25) is 0 Å². The van der Waals surface area contributed by atoms with Gasteiger partial charge in [0.25, 0.3) is 6.29 Å². The molecule has 3 aromatic rings. The van der Waals surface area contributed by atoms with Crippen LogP contribution in [0.15, 0.2) is 152 Å². The van der Waals surface area contributed by atoms with Crippen LogP contribution in [0.3, 0.4) is 0 Å². The van der Waals surface area contributed by atoms with Gasteiger partial charge in [-0.25, -0.2) is 14.4 Å². The number of hydrogen-bond acceptors (Lipinski definition) is 35. The third kappa shape index (κ3) is 20.1. The first-order valence-corrected chi connectivity index (χ1v) is 48.6. The summed E-state index contributed by atoms with van der Waals surface area (Å²) in [7, 11) is 0. The maximum atomic E-state index is 12.7. The SMILES string of the molecule is C#C[C@@]1(O)[C@H](O)[C@@H](CO)O[C@H]1N1C=CC(=O)CC1=O.C#C[C@@]1(OC(=O)c2ccccc2)[C@H](C)[C@@H](CC)O[C@H]1N1C=CC(=O)CC1=O.C#C[C@@]12OC3(CCCC3)O[C@@H]1C(CO)(CO)O[C@H]2N1C=CC(=O)CC1=O.C#C[C@@]12OC3(CCCC3)O[C@@H]1[C@@H](C=O)O[C@H]2N1C=CC(=O)CC1=O.C#C[C@@]12OC3(CCCC3)O[C@@H]1[C@@H](CO)O[C@H]2N1C=CC(=O)CC1=O.C#C[C@]1(OC(=O)c2ccccc2)C(OC(=O)c2ccccc2)O[C@H](CC)[C@H]1C. The zero-order valence-corrected chi connectivity index (χ0v) is 81.3. The highest BCUT2D eigenvalue weighted by Crippen LogP contribution is 2.59. The molecule has 0 radical (unpaired) electrons. The standard InChI is InChI=1S/C23H22O5.C21H21NO5.C18H21NO7.C17H19NO6.C17H17NO6.C12H13NO6/c1-4-19-16(3)23(5-2,28-21(25)18-14-10-7-11-15-18)22(26-19)27-20(24)17-12-8-6-9-13-17;1-4-17-14(3)21(5-2,27-19(25)15-9-7-6-8-10-15)20(26-17)22-12-11-16(23)13-18(22)24;1-2-18-14(24-17(26-18)6-3-4-7-17)16(10-20,11-21)25-15(18)19-8-5-12(22)9-13(19)23;2*1-2-17-14(23-16(24-17)6-3-4-7-16)12(10-19)22-15(17)18-8-5-11(20)9-13(18)21;1-2-12(18)10(17)8(6-14)19-11(12)13-4-3-7(15)5-9(13)16/h2,6-16,19,22H,4H2,1,3H3;2,6-12,14,17,20H,4,13H2,1,3H3;1,5,8,14-15,20-21H,3-4,6-7,9-11H2;1,5,8,12,14-15,19H,3-4,6-7,9-10H2;1,5,8,10,12,14-15H,3-4,6-7,9H2;1,3-4,8,10-11,14,17-18H,5-6H2/t16-,19-,22?,23-;14-,17-,20-,21-;14-,15-,18-;2*12-,14-,15-,17-;8-,10-,11-,12-/m111111/s1. The van der Waals surface area contributed by atoms with Gasteiger partial charge in [0, 0.05) is 81.4 Å². The number of nitrogens with zero attached hydrogens (tertiary/aromatic N) is 5. The average Bonchev–Trinajstić information content (AvgIpc) is 1.52. The van der Waals surface area contributed by atoms with E-state index in [1.807, 2.05) is 33.6 Å². The van der Waals surface area contributed by atoms with E-state index in [1.54, 1.807) is 91.0 Å². The van der Waals surface area contributed by atoms with Crippen molar-refractivity contribution in [3.8, 4) is 74.1 Å². The van der Waals surface area contributed by atoms with Gasteiger partial charge in [-0.2, -0.15) is 0 Å². The lowest BCUT2D eigenvalue weighted by Gasteiger charge is -2.37. The fourth-order valence-electron chi connectivity index (χ4n) is 21.4. The molecule has 3 aliphatic carbocycles. The largest absolute Gasteiger partial charge is 0.437 e. The van der Waals surface area contributed by atoms with Crippen molar-refractivity contribution in [2.45, 2.75) is 299 Å². The van der Waals surface area contributed by atoms with E-state index in [2.05, 4.69) is 29.6 Å². The van der Waals surface area contributed by atoms with E-state index in [0.29, 0.717) is 61.5 Å². The maximum Gasteiger partial charge on any atom is 0.340 e. The van der Waals surface area contributed by atoms with Gasteiger partial charge >= 0.3 is 17.9 Å². The lowest BCUT2D eigenvalue weighted by atomic mass is 9.85. The van der Waals surface area contributed by atoms with Crippen LogP contribution in [0, 0.1) is 85.9 Å². The number of carbonyl (C=O) groups excluding carboxylic acids is 14. The smallest absolute Gasteiger partial charge is 0.340 e. The molecule has 6 N–H and O–H groups in total. The summed E-state index contributed by atoms with van der Waals surface area (Å²) in [5.74, 6) is 6.06. The second-order valence-electron chi connectivity index (χ2n) is 38.2. The van der Waals surface area contributed by atoms with Crippen LogP contribution in [0.5, 0.6) is 0 Å². The number of benzene rings is 3. The number of carbonyl (C=O) groups is 14. The fourth-order valence-corrected chi connectivity index (χ4v) is 21.4. The molecule has 20 rings (SSSR count). The summed E-state index contributed by atoms with van der Waals surface area (Å²) in [6, 6.07) is 25.5. The maximum absolute atomic E-state index is 12.7. The number of terminal acetylenes is 6. The minimum absolute atomic E-state index is 0.239. The van der Waals surface area contributed by atoms with E-state index in [1.165, 1.54) is 68.7 Å². The number of aliphatic hydroxyl groups excluding tert-OH is 5. The third-order valence-electron chi connectivity index (χ3n) is 29.2. The van der Waals surface area contributed by atoms with E-state index in [9.17, 15) is 92.7 Å². The number of rotatable bonds is 18. The molecular weight excluding hydrogens is 1930 g/mol. The molecule has 14 aliphatic heterocycles. The van der Waals surface area contributed by atoms with Gasteiger partial charge in [-0.15, -0.1) is 38.5 Å². The van der Waals surface area contributed by atoms with Crippen molar-refractivity contribution >= 4 is 82.6 Å². The average molecular weight is 2040 g/mol. The van der Waals surface area contributed by atoms with Gasteiger partial charge in [0.1, 0.15) is 48.3 Å². The minimum Gasteiger partial charge on any atom is -0.437 e. The molecule has 23 atom stereocenters. The Bertz CT molecular complexity index is 6060. The second kappa shape index (κ2) is 44.3. The Morgan fingerprint density at radius 2 is 0.750 bits per heavy atom. The van der Waals surface area contributed by atoms with Crippen molar-refractivity contribution in [2.24, 2.45) is 11.8 Å². The summed E-state index contributed by atoms with van der Waals surface area (Å²) < 4.78 is 88.7. The van der Waals surface area contributed by atoms with Crippen LogP contribution in [0.1, 0.15) is 181 Å². The Morgan fingerprint density at radius 3 is 1.14 bits per heavy atom. The monoisotopic (exact) mass is 2040 g/mol. The number of amides is 5. The molecule has 5 amide bonds. The van der Waals surface area contributed by atoms with Crippen LogP contribution in [0.25, 0.3) is 0 Å². The molecule has 0 aromatic heterocycles. The van der Waals surface area contributed by atoms with E-state index < -0.39 is 204 Å². The van der Waals surface area contributed by atoms with Gasteiger partial charge in [0.05, 0.1) is 87.4 Å². The topological polar surface area (TPSA) is 515 Å². The van der Waals surface area contributed by atoms with Crippen LogP contribution in [0.4, 0.5) is 0 Å². The van der Waals surface area contributed by atoms with Crippen LogP contribution in [-0.4, -0.2) is 313 Å². The molecule has 9 saturated heterocycles. The summed E-state index contributed by atoms with van der Waals surface area (Å²) >= 11 is 0. The predicted molar refractivity (Wildman–Crippen MR) is 507 cm³/mol. The van der Waals surface area contributed by atoms with Gasteiger partial charge < -0.3 is 106 Å². The van der Waals surface area contributed by atoms with Crippen LogP contribution in [-0.2, 0) is 124 Å². The molecule has 3 spiro atoms. The first kappa shape index (κ1) is 109. The Hall–Kier alpha value is -13.2. The molecule has 3 saturated carbocycles. The molecule has 17 aliphatic rings. The van der Waals surface area contributed by atoms with Gasteiger partial charge in [-0.05, 0) is 118 Å². The lowest BCUT2D eigenvalue weighted by Crippen LogP contribution is -2.55. The zero-order chi connectivity index (χ0) is 106. The summed E-state index contributed by atoms with van der Waals surface area (Å²) in [6.45, 7) is 5.57. The number of aliphatic hydroxyl groups is 6. The Kier molecular flexibility index (Phi) is 32.6. The Balaban J connectivity index is 0.000000133. The molecule has 40 heteroatoms. The summed E-state index contributed by atoms with van der Waals surface area (Å²) in [6.07, 6.45) is 43.4. The first-order chi connectivity index (χ1) is 70.9. The second-order valence-corrected chi connectivity index (χ2v) is 38.2. The molecular formula is C108H113N5O35. The number of ether oxygens (including phenoxy) is 15. The van der Waals surface area contributed by atoms with Crippen molar-refractivity contribution in [3.05, 3.63) is 169 Å². The van der Waals surface area contributed by atoms with Gasteiger partial charge in [0.15, 0.2) is 89.3 Å². The Labute approximate surface area is 851 Å². The number of hydrogen-bond donors (Lipinski definition) is 6. The van der Waals surface area contributed by atoms with Crippen molar-refractivity contribution in [1.29, 1.82) is 0 Å². The van der Waals surface area contributed by atoms with Crippen molar-refractivity contribution < 1.29 is 169 Å². The summed E-state index contributed by atoms with van der Waals surface area (Å²) in [5, 5.41) is 58.7. The fraction of sp³-hybridized carbons (Fsp3) is 0.500. The molecule has 0 bridgehead atoms. The lowest BCUT2D eigenvalue weighted by molar-refractivity contribution is -0.254. The molecule has 40 nitrogen and oxygen atoms in total. The van der Waals surface area contributed by atoms with Crippen molar-refractivity contribution in [3.63, 3.8) is 0 Å². The third-order valence-corrected chi connectivity index (χ3v) is 29.2. The molecule has 780 valence electrons. The van der Waals surface area contributed by atoms with Crippen molar-refractivity contribution in [2.75, 3.05) is 26.4 Å². The highest BCUT2D eigenvalue weighted by molar-refractivity contribution is 6.09. The van der Waals surface area contributed by atoms with Crippen molar-refractivity contribution in [1.82, 2.24) is 24.5 Å². The molecule has 14 heterocycles. The van der Waals surface area contributed by atoms with Gasteiger partial charge in [0.2, 0.25) is 57.5 Å². The van der Waals surface area contributed by atoms with Crippen LogP contribution < -0.4 is 0 Å². The van der Waals surface area contributed by atoms with Gasteiger partial charge in [-0.3, -0.25) is 72.4 Å². The van der Waals surface area contributed by atoms with E-state index in [0.717, 1.165) is 68.5 Å². The summed E-state index contributed by atoms with van der Waals surface area (Å²) in [4.78, 5) is 173. The predicted octanol–water partition coefficient (Wildman–Crippen LogP) is 3.69. The first-order valence-electron chi connectivity index (χ1n) is 48.6. The van der Waals surface area contributed by atoms with Gasteiger partial charge in [-0.1, -0.05) is 118 Å². The van der Waals surface area contributed by atoms with E-state index in [-0.39, 0.29) is 91.7 Å². The highest BCUT2D eigenvalue weighted by Gasteiger charge is 2.76. The minimum atomic E-state index is -2.15. The molecule has 1 unspecified atom stereocenters. The molecule has 12 fully saturated rings. The zero-order valence-electron chi connectivity index (χ0n) is 81.3. The number of fused-ring (bicyclic) bond motifs is 3. The highest BCUT2D eigenvalue weighted by atomic mass is 16.8. The quantitative estimate of drug-likeness (QED) is 0.0348. The van der Waals surface area contributed by atoms with E-state index in [4.69, 9.17) is 115 Å². The number of ketones is 5. The molecule has 3 aromatic carbocycles. The summed E-state index contributed by atoms with van der Waals surface area (Å²) in [5.41, 5.74) is -9.71.